The number of aromatic amines is 1. The van der Waals surface area contributed by atoms with Gasteiger partial charge in [0, 0.05) is 12.1 Å². The molecule has 2 N–H and O–H groups in total. The maximum atomic E-state index is 13.3. The number of aromatic nitrogens is 2. The summed E-state index contributed by atoms with van der Waals surface area (Å²) >= 11 is 10.9. The van der Waals surface area contributed by atoms with Gasteiger partial charge in [0.15, 0.2) is 4.77 Å². The monoisotopic (exact) mass is 301 g/mol. The third-order valence-corrected chi connectivity index (χ3v) is 3.18. The molecule has 0 bridgehead atoms. The van der Waals surface area contributed by atoms with E-state index in [2.05, 4.69) is 10.3 Å². The second-order valence-corrected chi connectivity index (χ2v) is 5.32. The molecule has 2 rings (SSSR count). The molecule has 1 aromatic heterocycles. The Balaban J connectivity index is 2.43. The van der Waals surface area contributed by atoms with E-state index in [-0.39, 0.29) is 23.5 Å². The summed E-state index contributed by atoms with van der Waals surface area (Å²) < 4.78 is 15.3. The Bertz CT molecular complexity index is 692. The Morgan fingerprint density at radius 3 is 2.89 bits per heavy atom. The van der Waals surface area contributed by atoms with Crippen molar-refractivity contribution in [2.75, 3.05) is 0 Å². The van der Waals surface area contributed by atoms with Crippen molar-refractivity contribution in [1.82, 2.24) is 14.9 Å². The van der Waals surface area contributed by atoms with Gasteiger partial charge in [-0.05, 0) is 32.1 Å². The molecule has 19 heavy (non-hydrogen) atoms. The molecular formula is C12H13ClFN3OS. The second kappa shape index (κ2) is 5.30. The van der Waals surface area contributed by atoms with Gasteiger partial charge in [0.1, 0.15) is 12.4 Å². The first-order valence-electron chi connectivity index (χ1n) is 5.75. The van der Waals surface area contributed by atoms with Crippen LogP contribution in [0.4, 0.5) is 4.39 Å². The van der Waals surface area contributed by atoms with Crippen LogP contribution in [0, 0.1) is 10.6 Å². The Morgan fingerprint density at radius 2 is 2.26 bits per heavy atom. The van der Waals surface area contributed by atoms with Crippen molar-refractivity contribution in [1.29, 1.82) is 0 Å². The van der Waals surface area contributed by atoms with Gasteiger partial charge >= 0.3 is 0 Å². The number of carbonyl (C=O) groups is 1. The zero-order valence-electron chi connectivity index (χ0n) is 10.5. The van der Waals surface area contributed by atoms with Crippen LogP contribution in [0.15, 0.2) is 12.1 Å². The summed E-state index contributed by atoms with van der Waals surface area (Å²) in [6.45, 7) is 3.82. The number of hydrogen-bond donors (Lipinski definition) is 2. The number of amides is 1. The number of fused-ring (bicyclic) bond motifs is 1. The van der Waals surface area contributed by atoms with Crippen LogP contribution < -0.4 is 5.32 Å². The van der Waals surface area contributed by atoms with Gasteiger partial charge in [-0.15, -0.1) is 0 Å². The minimum absolute atomic E-state index is 0.000447. The summed E-state index contributed by atoms with van der Waals surface area (Å²) in [5, 5.41) is 2.77. The number of nitrogens with zero attached hydrogens (tertiary/aromatic N) is 1. The first-order chi connectivity index (χ1) is 8.88. The third-order valence-electron chi connectivity index (χ3n) is 2.57. The summed E-state index contributed by atoms with van der Waals surface area (Å²) in [6.07, 6.45) is 0. The molecule has 2 aromatic rings. The largest absolute Gasteiger partial charge is 0.352 e. The van der Waals surface area contributed by atoms with E-state index in [0.29, 0.717) is 15.8 Å². The molecule has 4 nitrogen and oxygen atoms in total. The van der Waals surface area contributed by atoms with Crippen LogP contribution in [-0.4, -0.2) is 21.5 Å². The van der Waals surface area contributed by atoms with E-state index in [9.17, 15) is 9.18 Å². The Kier molecular flexibility index (Phi) is 3.91. The number of carbonyl (C=O) groups excluding carboxylic acids is 1. The Hall–Kier alpha value is -1.40. The maximum Gasteiger partial charge on any atom is 0.240 e. The molecule has 1 aromatic carbocycles. The van der Waals surface area contributed by atoms with Crippen LogP contribution in [-0.2, 0) is 11.3 Å². The second-order valence-electron chi connectivity index (χ2n) is 4.52. The molecular weight excluding hydrogens is 289 g/mol. The lowest BCUT2D eigenvalue weighted by molar-refractivity contribution is -0.122. The third kappa shape index (κ3) is 2.96. The Labute approximate surface area is 119 Å². The van der Waals surface area contributed by atoms with E-state index >= 15 is 0 Å². The summed E-state index contributed by atoms with van der Waals surface area (Å²) in [5.74, 6) is -0.684. The zero-order chi connectivity index (χ0) is 14.2. The molecule has 1 amide bonds. The number of benzene rings is 1. The quantitative estimate of drug-likeness (QED) is 0.856. The van der Waals surface area contributed by atoms with Crippen molar-refractivity contribution in [3.8, 4) is 0 Å². The van der Waals surface area contributed by atoms with Crippen molar-refractivity contribution in [2.24, 2.45) is 0 Å². The normalized spacial score (nSPS) is 11.2. The minimum atomic E-state index is -0.524. The summed E-state index contributed by atoms with van der Waals surface area (Å²) in [5.41, 5.74) is 1.12. The zero-order valence-corrected chi connectivity index (χ0v) is 12.0. The summed E-state index contributed by atoms with van der Waals surface area (Å²) in [4.78, 5) is 14.6. The van der Waals surface area contributed by atoms with Crippen LogP contribution in [0.1, 0.15) is 13.8 Å². The van der Waals surface area contributed by atoms with E-state index in [1.807, 2.05) is 13.8 Å². The maximum absolute atomic E-state index is 13.3. The van der Waals surface area contributed by atoms with E-state index in [0.717, 1.165) is 0 Å². The van der Waals surface area contributed by atoms with Gasteiger partial charge in [-0.1, -0.05) is 11.6 Å². The summed E-state index contributed by atoms with van der Waals surface area (Å²) in [7, 11) is 0. The van der Waals surface area contributed by atoms with Gasteiger partial charge in [-0.25, -0.2) is 4.39 Å². The van der Waals surface area contributed by atoms with Gasteiger partial charge in [-0.2, -0.15) is 0 Å². The first-order valence-corrected chi connectivity index (χ1v) is 6.54. The molecule has 0 saturated heterocycles. The number of imidazole rings is 1. The molecule has 0 fully saturated rings. The van der Waals surface area contributed by atoms with Gasteiger partial charge < -0.3 is 14.9 Å². The summed E-state index contributed by atoms with van der Waals surface area (Å²) in [6, 6.07) is 2.78. The lowest BCUT2D eigenvalue weighted by Gasteiger charge is -2.09. The average Bonchev–Trinajstić information content (AvgIpc) is 2.56. The Morgan fingerprint density at radius 1 is 1.58 bits per heavy atom. The molecule has 0 atom stereocenters. The van der Waals surface area contributed by atoms with Crippen molar-refractivity contribution in [3.05, 3.63) is 27.7 Å². The fourth-order valence-corrected chi connectivity index (χ4v) is 2.25. The topological polar surface area (TPSA) is 49.8 Å². The fourth-order valence-electron chi connectivity index (χ4n) is 1.82. The predicted octanol–water partition coefficient (Wildman–Crippen LogP) is 3.02. The molecule has 0 aliphatic carbocycles. The van der Waals surface area contributed by atoms with Gasteiger partial charge in [0.2, 0.25) is 5.91 Å². The van der Waals surface area contributed by atoms with Crippen molar-refractivity contribution >= 4 is 40.8 Å². The molecule has 7 heteroatoms. The number of nitrogens with one attached hydrogen (secondary N) is 2. The van der Waals surface area contributed by atoms with E-state index in [1.165, 1.54) is 12.1 Å². The number of rotatable bonds is 3. The lowest BCUT2D eigenvalue weighted by Crippen LogP contribution is -2.33. The van der Waals surface area contributed by atoms with Crippen molar-refractivity contribution < 1.29 is 9.18 Å². The molecule has 0 spiro atoms. The number of H-pyrrole nitrogens is 1. The van der Waals surface area contributed by atoms with Crippen LogP contribution in [0.25, 0.3) is 11.0 Å². The highest BCUT2D eigenvalue weighted by atomic mass is 35.5. The van der Waals surface area contributed by atoms with Crippen LogP contribution in [0.3, 0.4) is 0 Å². The van der Waals surface area contributed by atoms with E-state index in [1.54, 1.807) is 4.57 Å². The number of hydrogen-bond acceptors (Lipinski definition) is 2. The van der Waals surface area contributed by atoms with Gasteiger partial charge in [0.25, 0.3) is 0 Å². The van der Waals surface area contributed by atoms with Crippen molar-refractivity contribution in [2.45, 2.75) is 26.4 Å². The molecule has 0 aliphatic rings. The fraction of sp³-hybridized carbons (Fsp3) is 0.333. The molecule has 0 saturated carbocycles. The van der Waals surface area contributed by atoms with Crippen molar-refractivity contribution in [3.63, 3.8) is 0 Å². The number of halogens is 2. The standard InChI is InChI=1S/C12H13ClFN3OS/c1-6(2)15-11(18)5-17-10-3-7(13)8(14)4-9(10)16-12(17)19/h3-4,6H,5H2,1-2H3,(H,15,18)(H,16,19). The SMILES string of the molecule is CC(C)NC(=O)Cn1c(=S)[nH]c2cc(F)c(Cl)cc21. The first kappa shape index (κ1) is 14.0. The highest BCUT2D eigenvalue weighted by Crippen LogP contribution is 2.22. The molecule has 1 heterocycles. The molecule has 0 radical (unpaired) electrons. The lowest BCUT2D eigenvalue weighted by atomic mass is 10.3. The average molecular weight is 302 g/mol. The van der Waals surface area contributed by atoms with Gasteiger partial charge in [-0.3, -0.25) is 4.79 Å². The van der Waals surface area contributed by atoms with Crippen LogP contribution in [0.5, 0.6) is 0 Å². The predicted molar refractivity (Wildman–Crippen MR) is 75.4 cm³/mol. The van der Waals surface area contributed by atoms with Crippen LogP contribution in [0.2, 0.25) is 5.02 Å². The highest BCUT2D eigenvalue weighted by Gasteiger charge is 2.12. The molecule has 0 aliphatic heterocycles. The highest BCUT2D eigenvalue weighted by molar-refractivity contribution is 7.71. The molecule has 102 valence electrons. The molecule has 0 unspecified atom stereocenters. The minimum Gasteiger partial charge on any atom is -0.352 e. The smallest absolute Gasteiger partial charge is 0.240 e. The van der Waals surface area contributed by atoms with E-state index in [4.69, 9.17) is 23.8 Å². The van der Waals surface area contributed by atoms with Gasteiger partial charge in [0.05, 0.1) is 16.1 Å². The van der Waals surface area contributed by atoms with Crippen LogP contribution >= 0.6 is 23.8 Å². The van der Waals surface area contributed by atoms with E-state index < -0.39 is 5.82 Å².